The van der Waals surface area contributed by atoms with Crippen LogP contribution in [0, 0.1) is 0 Å². The Morgan fingerprint density at radius 1 is 0.909 bits per heavy atom. The fraction of sp³-hybridized carbons (Fsp3) is 0.750. The predicted molar refractivity (Wildman–Crippen MR) is 41.3 cm³/mol. The van der Waals surface area contributed by atoms with Gasteiger partial charge in [0.1, 0.15) is 0 Å². The average molecular weight is 155 g/mol. The maximum atomic E-state index is 11.2. The summed E-state index contributed by atoms with van der Waals surface area (Å²) in [4.78, 5) is 22.5. The van der Waals surface area contributed by atoms with Crippen molar-refractivity contribution in [2.75, 3.05) is 0 Å². The molecule has 3 nitrogen and oxygen atoms in total. The van der Waals surface area contributed by atoms with Crippen LogP contribution in [0.3, 0.4) is 0 Å². The van der Waals surface area contributed by atoms with Crippen LogP contribution in [0.15, 0.2) is 0 Å². The molecule has 1 saturated heterocycles. The lowest BCUT2D eigenvalue weighted by Crippen LogP contribution is -2.46. The average Bonchev–Trinajstić information content (AvgIpc) is 1.91. The lowest BCUT2D eigenvalue weighted by molar-refractivity contribution is -0.137. The molecular formula is C8H13NO2. The summed E-state index contributed by atoms with van der Waals surface area (Å²) in [5, 5.41) is 2.97. The van der Waals surface area contributed by atoms with Crippen molar-refractivity contribution in [2.45, 2.75) is 38.8 Å². The summed E-state index contributed by atoms with van der Waals surface area (Å²) in [5.41, 5.74) is -1.36. The van der Waals surface area contributed by atoms with Crippen molar-refractivity contribution in [3.8, 4) is 0 Å². The van der Waals surface area contributed by atoms with Crippen LogP contribution in [0.4, 0.5) is 0 Å². The molecule has 1 heterocycles. The molecule has 1 N–H and O–H groups in total. The van der Waals surface area contributed by atoms with Crippen molar-refractivity contribution in [2.24, 2.45) is 0 Å². The molecule has 0 unspecified atom stereocenters. The molecule has 1 rings (SSSR count). The van der Waals surface area contributed by atoms with E-state index in [1.165, 1.54) is 0 Å². The first-order valence-electron chi connectivity index (χ1n) is 3.66. The normalized spacial score (nSPS) is 27.6. The summed E-state index contributed by atoms with van der Waals surface area (Å²) in [6.07, 6.45) is 0. The molecule has 0 radical (unpaired) electrons. The summed E-state index contributed by atoms with van der Waals surface area (Å²) in [7, 11) is 0. The summed E-state index contributed by atoms with van der Waals surface area (Å²) in [5.74, 6) is -0.634. The molecule has 0 bridgehead atoms. The Kier molecular flexibility index (Phi) is 1.46. The molecule has 0 atom stereocenters. The Hall–Kier alpha value is -0.700. The fourth-order valence-corrected chi connectivity index (χ4v) is 1.46. The van der Waals surface area contributed by atoms with Gasteiger partial charge in [-0.15, -0.1) is 0 Å². The van der Waals surface area contributed by atoms with Gasteiger partial charge >= 0.3 is 0 Å². The van der Waals surface area contributed by atoms with Gasteiger partial charge in [-0.2, -0.15) is 0 Å². The van der Waals surface area contributed by atoms with Crippen molar-refractivity contribution >= 4 is 11.6 Å². The first kappa shape index (κ1) is 8.40. The van der Waals surface area contributed by atoms with Gasteiger partial charge in [-0.1, -0.05) is 0 Å². The lowest BCUT2D eigenvalue weighted by Gasteiger charge is -2.20. The van der Waals surface area contributed by atoms with E-state index in [1.807, 2.05) is 0 Å². The number of Topliss-reactive ketones (excluding diaryl/α,β-unsaturated/α-hetero) is 2. The third kappa shape index (κ3) is 1.09. The van der Waals surface area contributed by atoms with Gasteiger partial charge in [0, 0.05) is 0 Å². The van der Waals surface area contributed by atoms with Crippen molar-refractivity contribution in [1.82, 2.24) is 5.32 Å². The van der Waals surface area contributed by atoms with Crippen LogP contribution in [0.2, 0.25) is 0 Å². The first-order chi connectivity index (χ1) is 4.77. The summed E-state index contributed by atoms with van der Waals surface area (Å²) < 4.78 is 0. The van der Waals surface area contributed by atoms with E-state index in [1.54, 1.807) is 27.7 Å². The summed E-state index contributed by atoms with van der Waals surface area (Å²) in [6, 6.07) is 0. The molecule has 11 heavy (non-hydrogen) atoms. The quantitative estimate of drug-likeness (QED) is 0.511. The van der Waals surface area contributed by atoms with Crippen LogP contribution in [-0.4, -0.2) is 22.6 Å². The molecule has 0 aromatic rings. The monoisotopic (exact) mass is 155 g/mol. The Morgan fingerprint density at radius 2 is 1.18 bits per heavy atom. The van der Waals surface area contributed by atoms with Crippen LogP contribution < -0.4 is 5.32 Å². The largest absolute Gasteiger partial charge is 0.293 e. The van der Waals surface area contributed by atoms with Gasteiger partial charge in [-0.25, -0.2) is 0 Å². The Morgan fingerprint density at radius 3 is 1.27 bits per heavy atom. The van der Waals surface area contributed by atoms with Crippen molar-refractivity contribution in [3.05, 3.63) is 0 Å². The van der Waals surface area contributed by atoms with E-state index in [0.29, 0.717) is 0 Å². The molecule has 1 aliphatic heterocycles. The van der Waals surface area contributed by atoms with Crippen LogP contribution in [0.1, 0.15) is 27.7 Å². The lowest BCUT2D eigenvalue weighted by atomic mass is 9.98. The topological polar surface area (TPSA) is 46.2 Å². The van der Waals surface area contributed by atoms with Crippen LogP contribution in [0.5, 0.6) is 0 Å². The highest BCUT2D eigenvalue weighted by molar-refractivity contribution is 6.45. The zero-order valence-electron chi connectivity index (χ0n) is 7.32. The smallest absolute Gasteiger partial charge is 0.219 e. The molecule has 0 spiro atoms. The minimum absolute atomic E-state index is 0.317. The van der Waals surface area contributed by atoms with E-state index in [-0.39, 0.29) is 11.6 Å². The number of hydrogen-bond donors (Lipinski definition) is 1. The zero-order valence-corrected chi connectivity index (χ0v) is 7.32. The van der Waals surface area contributed by atoms with Crippen LogP contribution in [-0.2, 0) is 9.59 Å². The maximum Gasteiger partial charge on any atom is 0.219 e. The van der Waals surface area contributed by atoms with Crippen molar-refractivity contribution in [3.63, 3.8) is 0 Å². The SMILES string of the molecule is CC1(C)NC(C)(C)C(=O)C1=O. The molecular weight excluding hydrogens is 142 g/mol. The highest BCUT2D eigenvalue weighted by atomic mass is 16.2. The second-order valence-electron chi connectivity index (χ2n) is 4.03. The molecule has 0 amide bonds. The van der Waals surface area contributed by atoms with Gasteiger partial charge < -0.3 is 0 Å². The van der Waals surface area contributed by atoms with Gasteiger partial charge in [0.15, 0.2) is 0 Å². The Balaban J connectivity index is 3.06. The van der Waals surface area contributed by atoms with Gasteiger partial charge in [-0.05, 0) is 27.7 Å². The highest BCUT2D eigenvalue weighted by Gasteiger charge is 2.50. The van der Waals surface area contributed by atoms with E-state index in [2.05, 4.69) is 5.32 Å². The van der Waals surface area contributed by atoms with E-state index < -0.39 is 11.1 Å². The summed E-state index contributed by atoms with van der Waals surface area (Å²) >= 11 is 0. The molecule has 1 aliphatic rings. The third-order valence-electron chi connectivity index (χ3n) is 1.97. The van der Waals surface area contributed by atoms with Gasteiger partial charge in [-0.3, -0.25) is 14.9 Å². The third-order valence-corrected chi connectivity index (χ3v) is 1.97. The van der Waals surface area contributed by atoms with E-state index in [0.717, 1.165) is 0 Å². The molecule has 0 aromatic heterocycles. The van der Waals surface area contributed by atoms with Crippen LogP contribution >= 0.6 is 0 Å². The number of rotatable bonds is 0. The Bertz CT molecular complexity index is 204. The van der Waals surface area contributed by atoms with Crippen molar-refractivity contribution < 1.29 is 9.59 Å². The standard InChI is InChI=1S/C8H13NO2/c1-7(2)5(10)6(11)8(3,4)9-7/h9H,1-4H3. The first-order valence-corrected chi connectivity index (χ1v) is 3.66. The van der Waals surface area contributed by atoms with E-state index in [9.17, 15) is 9.59 Å². The molecule has 0 aliphatic carbocycles. The van der Waals surface area contributed by atoms with Crippen LogP contribution in [0.25, 0.3) is 0 Å². The highest BCUT2D eigenvalue weighted by Crippen LogP contribution is 2.22. The number of carbonyl (C=O) groups excluding carboxylic acids is 2. The molecule has 1 fully saturated rings. The minimum atomic E-state index is -0.680. The second-order valence-corrected chi connectivity index (χ2v) is 4.03. The van der Waals surface area contributed by atoms with E-state index in [4.69, 9.17) is 0 Å². The van der Waals surface area contributed by atoms with E-state index >= 15 is 0 Å². The molecule has 3 heteroatoms. The van der Waals surface area contributed by atoms with Gasteiger partial charge in [0.05, 0.1) is 11.1 Å². The Labute approximate surface area is 66.2 Å². The zero-order chi connectivity index (χ0) is 8.86. The molecule has 0 aromatic carbocycles. The molecule has 62 valence electrons. The number of ketones is 2. The second kappa shape index (κ2) is 1.91. The maximum absolute atomic E-state index is 11.2. The number of carbonyl (C=O) groups is 2. The van der Waals surface area contributed by atoms with Gasteiger partial charge in [0.25, 0.3) is 0 Å². The van der Waals surface area contributed by atoms with Crippen molar-refractivity contribution in [1.29, 1.82) is 0 Å². The minimum Gasteiger partial charge on any atom is -0.293 e. The predicted octanol–water partition coefficient (Wildman–Crippen LogP) is 0.285. The molecule has 0 saturated carbocycles. The summed E-state index contributed by atoms with van der Waals surface area (Å²) in [6.45, 7) is 6.90. The number of nitrogens with one attached hydrogen (secondary N) is 1. The number of hydrogen-bond acceptors (Lipinski definition) is 3. The van der Waals surface area contributed by atoms with Gasteiger partial charge in [0.2, 0.25) is 11.6 Å². The fourth-order valence-electron chi connectivity index (χ4n) is 1.46.